The topological polar surface area (TPSA) is 0 Å². The van der Waals surface area contributed by atoms with Gasteiger partial charge in [0.2, 0.25) is 0 Å². The molecule has 2 rings (SSSR count). The number of alkyl halides is 4. The van der Waals surface area contributed by atoms with E-state index < -0.39 is 6.18 Å². The van der Waals surface area contributed by atoms with E-state index in [9.17, 15) is 13.2 Å². The van der Waals surface area contributed by atoms with E-state index in [1.807, 2.05) is 11.8 Å². The number of thioether (sulfide) groups is 2. The Morgan fingerprint density at radius 3 is 2.29 bits per heavy atom. The van der Waals surface area contributed by atoms with E-state index in [0.29, 0.717) is 30.9 Å². The summed E-state index contributed by atoms with van der Waals surface area (Å²) >= 11 is 9.52. The number of halogens is 4. The van der Waals surface area contributed by atoms with E-state index in [-0.39, 0.29) is 22.1 Å². The predicted molar refractivity (Wildman–Crippen MR) is 88.5 cm³/mol. The first-order valence-electron chi connectivity index (χ1n) is 7.47. The molecular formula is C15H22ClF3S2. The fraction of sp³-hybridized carbons (Fsp3) is 0.867. The van der Waals surface area contributed by atoms with Crippen LogP contribution in [0.1, 0.15) is 38.5 Å². The Hall–Kier alpha value is 0.520. The Labute approximate surface area is 138 Å². The Balaban J connectivity index is 2.04. The van der Waals surface area contributed by atoms with E-state index in [0.717, 1.165) is 18.6 Å². The maximum absolute atomic E-state index is 13.4. The van der Waals surface area contributed by atoms with Crippen molar-refractivity contribution in [3.05, 3.63) is 11.6 Å². The molecule has 1 heterocycles. The monoisotopic (exact) mass is 358 g/mol. The highest BCUT2D eigenvalue weighted by Crippen LogP contribution is 2.42. The summed E-state index contributed by atoms with van der Waals surface area (Å²) in [5, 5.41) is 0.682. The zero-order valence-electron chi connectivity index (χ0n) is 12.2. The molecule has 2 fully saturated rings. The molecule has 122 valence electrons. The van der Waals surface area contributed by atoms with Crippen LogP contribution in [0, 0.1) is 5.92 Å². The van der Waals surface area contributed by atoms with Gasteiger partial charge >= 0.3 is 6.18 Å². The van der Waals surface area contributed by atoms with E-state index in [2.05, 4.69) is 6.26 Å². The quantitative estimate of drug-likeness (QED) is 0.455. The second kappa shape index (κ2) is 7.87. The third-order valence-corrected chi connectivity index (χ3v) is 7.50. The average Bonchev–Trinajstić information content (AvgIpc) is 2.45. The minimum absolute atomic E-state index is 0.0266. The molecule has 2 unspecified atom stereocenters. The van der Waals surface area contributed by atoms with Gasteiger partial charge in [-0.3, -0.25) is 0 Å². The molecule has 21 heavy (non-hydrogen) atoms. The molecule has 2 atom stereocenters. The van der Waals surface area contributed by atoms with Crippen molar-refractivity contribution >= 4 is 35.1 Å². The molecule has 0 N–H and O–H groups in total. The minimum Gasteiger partial charge on any atom is -0.166 e. The van der Waals surface area contributed by atoms with Crippen molar-refractivity contribution in [2.45, 2.75) is 60.6 Å². The Morgan fingerprint density at radius 1 is 1.14 bits per heavy atom. The lowest BCUT2D eigenvalue weighted by Crippen LogP contribution is -2.27. The molecule has 1 saturated carbocycles. The molecule has 0 amide bonds. The summed E-state index contributed by atoms with van der Waals surface area (Å²) in [5.74, 6) is 0.612. The van der Waals surface area contributed by atoms with Crippen molar-refractivity contribution in [1.29, 1.82) is 0 Å². The van der Waals surface area contributed by atoms with Crippen LogP contribution in [0.15, 0.2) is 11.6 Å². The summed E-state index contributed by atoms with van der Waals surface area (Å²) in [6, 6.07) is 0. The van der Waals surface area contributed by atoms with Crippen molar-refractivity contribution in [3.63, 3.8) is 0 Å². The zero-order chi connectivity index (χ0) is 15.5. The van der Waals surface area contributed by atoms with Crippen LogP contribution in [0.5, 0.6) is 0 Å². The molecule has 0 spiro atoms. The molecule has 0 aromatic rings. The number of hydrogen-bond donors (Lipinski definition) is 0. The molecule has 0 bridgehead atoms. The first kappa shape index (κ1) is 17.9. The fourth-order valence-electron chi connectivity index (χ4n) is 3.09. The molecule has 6 heteroatoms. The Kier molecular flexibility index (Phi) is 6.70. The predicted octanol–water partition coefficient (Wildman–Crippen LogP) is 5.90. The largest absolute Gasteiger partial charge is 0.412 e. The maximum Gasteiger partial charge on any atom is 0.412 e. The summed E-state index contributed by atoms with van der Waals surface area (Å²) in [4.78, 5) is 0. The second-order valence-electron chi connectivity index (χ2n) is 5.88. The van der Waals surface area contributed by atoms with Gasteiger partial charge in [-0.05, 0) is 50.7 Å². The highest BCUT2D eigenvalue weighted by atomic mass is 35.5. The van der Waals surface area contributed by atoms with Gasteiger partial charge in [-0.15, -0.1) is 11.6 Å². The minimum atomic E-state index is -4.19. The number of rotatable bonds is 3. The van der Waals surface area contributed by atoms with Gasteiger partial charge in [0.1, 0.15) is 0 Å². The molecule has 1 aliphatic heterocycles. The molecule has 1 saturated heterocycles. The summed E-state index contributed by atoms with van der Waals surface area (Å²) in [6.45, 7) is 0. The van der Waals surface area contributed by atoms with Gasteiger partial charge in [-0.1, -0.05) is 6.08 Å². The normalized spacial score (nSPS) is 35.8. The van der Waals surface area contributed by atoms with Crippen LogP contribution in [0.4, 0.5) is 13.2 Å². The van der Waals surface area contributed by atoms with Crippen LogP contribution in [0.3, 0.4) is 0 Å². The highest BCUT2D eigenvalue weighted by molar-refractivity contribution is 8.03. The second-order valence-corrected chi connectivity index (χ2v) is 8.90. The van der Waals surface area contributed by atoms with Crippen LogP contribution in [0.25, 0.3) is 0 Å². The van der Waals surface area contributed by atoms with Gasteiger partial charge in [0.15, 0.2) is 0 Å². The molecule has 0 radical (unpaired) electrons. The standard InChI is InChI=1S/C15H22ClF3S2/c1-20-13-7-6-12(21-9-13)8-14(15(17,18)19)10-2-4-11(16)5-3-10/h8,10-13H,2-7,9H2,1H3/b14-8-. The first-order valence-corrected chi connectivity index (χ1v) is 10.2. The van der Waals surface area contributed by atoms with Crippen molar-refractivity contribution in [2.75, 3.05) is 12.0 Å². The zero-order valence-corrected chi connectivity index (χ0v) is 14.6. The lowest BCUT2D eigenvalue weighted by Gasteiger charge is -2.31. The first-order chi connectivity index (χ1) is 9.90. The van der Waals surface area contributed by atoms with Crippen molar-refractivity contribution in [2.24, 2.45) is 5.92 Å². The summed E-state index contributed by atoms with van der Waals surface area (Å²) in [5.41, 5.74) is -0.286. The van der Waals surface area contributed by atoms with E-state index in [4.69, 9.17) is 11.6 Å². The molecule has 2 aliphatic rings. The van der Waals surface area contributed by atoms with Crippen LogP contribution in [0.2, 0.25) is 0 Å². The Morgan fingerprint density at radius 2 is 1.81 bits per heavy atom. The third-order valence-electron chi connectivity index (χ3n) is 4.39. The lowest BCUT2D eigenvalue weighted by atomic mass is 9.82. The fourth-order valence-corrected chi connectivity index (χ4v) is 5.67. The van der Waals surface area contributed by atoms with E-state index >= 15 is 0 Å². The van der Waals surface area contributed by atoms with Crippen LogP contribution in [-0.2, 0) is 0 Å². The molecule has 0 aromatic carbocycles. The van der Waals surface area contributed by atoms with Gasteiger partial charge in [-0.25, -0.2) is 0 Å². The summed E-state index contributed by atoms with van der Waals surface area (Å²) in [7, 11) is 0. The van der Waals surface area contributed by atoms with Gasteiger partial charge in [0.25, 0.3) is 0 Å². The van der Waals surface area contributed by atoms with E-state index in [1.54, 1.807) is 11.8 Å². The van der Waals surface area contributed by atoms with Gasteiger partial charge < -0.3 is 0 Å². The summed E-state index contributed by atoms with van der Waals surface area (Å²) < 4.78 is 40.2. The van der Waals surface area contributed by atoms with Crippen molar-refractivity contribution in [1.82, 2.24) is 0 Å². The number of allylic oxidation sites excluding steroid dienone is 1. The molecule has 0 aromatic heterocycles. The van der Waals surface area contributed by atoms with Crippen LogP contribution >= 0.6 is 35.1 Å². The molecule has 0 nitrogen and oxygen atoms in total. The SMILES string of the molecule is CSC1CCC(/C=C(/C2CCC(Cl)CC2)C(F)(F)F)SC1. The van der Waals surface area contributed by atoms with Gasteiger partial charge in [0, 0.05) is 27.2 Å². The number of hydrogen-bond acceptors (Lipinski definition) is 2. The molecular weight excluding hydrogens is 337 g/mol. The summed E-state index contributed by atoms with van der Waals surface area (Å²) in [6.07, 6.45) is 3.84. The molecule has 1 aliphatic carbocycles. The lowest BCUT2D eigenvalue weighted by molar-refractivity contribution is -0.101. The van der Waals surface area contributed by atoms with Gasteiger partial charge in [-0.2, -0.15) is 36.7 Å². The third kappa shape index (κ3) is 5.28. The van der Waals surface area contributed by atoms with Crippen LogP contribution in [-0.4, -0.2) is 34.1 Å². The van der Waals surface area contributed by atoms with Crippen molar-refractivity contribution in [3.8, 4) is 0 Å². The van der Waals surface area contributed by atoms with E-state index in [1.165, 1.54) is 6.08 Å². The maximum atomic E-state index is 13.4. The average molecular weight is 359 g/mol. The highest BCUT2D eigenvalue weighted by Gasteiger charge is 2.40. The Bertz CT molecular complexity index is 354. The van der Waals surface area contributed by atoms with Crippen molar-refractivity contribution < 1.29 is 13.2 Å². The smallest absolute Gasteiger partial charge is 0.166 e. The van der Waals surface area contributed by atoms with Gasteiger partial charge in [0.05, 0.1) is 0 Å². The van der Waals surface area contributed by atoms with Crippen LogP contribution < -0.4 is 0 Å².